The van der Waals surface area contributed by atoms with E-state index in [2.05, 4.69) is 22.2 Å². The van der Waals surface area contributed by atoms with Crippen molar-refractivity contribution in [3.63, 3.8) is 0 Å². The van der Waals surface area contributed by atoms with Crippen LogP contribution >= 0.6 is 0 Å². The highest BCUT2D eigenvalue weighted by molar-refractivity contribution is 4.89. The van der Waals surface area contributed by atoms with Gasteiger partial charge in [-0.3, -0.25) is 0 Å². The lowest BCUT2D eigenvalue weighted by Crippen LogP contribution is -2.32. The van der Waals surface area contributed by atoms with E-state index in [4.69, 9.17) is 0 Å². The first kappa shape index (κ1) is 11.6. The number of hydrogen-bond donors (Lipinski definition) is 2. The van der Waals surface area contributed by atoms with Crippen molar-refractivity contribution in [2.45, 2.75) is 58.0 Å². The van der Waals surface area contributed by atoms with E-state index in [9.17, 15) is 0 Å². The Hall–Kier alpha value is -0.830. The second-order valence-electron chi connectivity index (χ2n) is 4.86. The van der Waals surface area contributed by atoms with Gasteiger partial charge in [0.2, 0.25) is 0 Å². The highest BCUT2D eigenvalue weighted by Gasteiger charge is 2.25. The third-order valence-corrected chi connectivity index (χ3v) is 3.67. The SMILES string of the molecule is CCCCC1CCCC1NCc1ncc[nH]1. The highest BCUT2D eigenvalue weighted by atomic mass is 15.0. The van der Waals surface area contributed by atoms with Crippen LogP contribution in [0.3, 0.4) is 0 Å². The molecule has 2 N–H and O–H groups in total. The maximum absolute atomic E-state index is 4.25. The molecule has 0 bridgehead atoms. The fraction of sp³-hybridized carbons (Fsp3) is 0.769. The molecule has 1 fully saturated rings. The Kier molecular flexibility index (Phi) is 4.40. The summed E-state index contributed by atoms with van der Waals surface area (Å²) in [6.45, 7) is 3.17. The summed E-state index contributed by atoms with van der Waals surface area (Å²) in [6.07, 6.45) is 12.0. The Morgan fingerprint density at radius 2 is 2.44 bits per heavy atom. The molecule has 1 aromatic heterocycles. The summed E-state index contributed by atoms with van der Waals surface area (Å²) in [5, 5.41) is 3.65. The topological polar surface area (TPSA) is 40.7 Å². The molecule has 1 aromatic rings. The zero-order chi connectivity index (χ0) is 11.2. The van der Waals surface area contributed by atoms with E-state index in [1.54, 1.807) is 0 Å². The third kappa shape index (κ3) is 3.08. The summed E-state index contributed by atoms with van der Waals surface area (Å²) in [5.74, 6) is 1.95. The second-order valence-corrected chi connectivity index (χ2v) is 4.86. The number of rotatable bonds is 6. The lowest BCUT2D eigenvalue weighted by molar-refractivity contribution is 0.366. The van der Waals surface area contributed by atoms with Gasteiger partial charge in [0, 0.05) is 18.4 Å². The molecule has 2 atom stereocenters. The molecule has 0 radical (unpaired) electrons. The Morgan fingerprint density at radius 3 is 3.19 bits per heavy atom. The first-order valence-corrected chi connectivity index (χ1v) is 6.61. The van der Waals surface area contributed by atoms with Gasteiger partial charge < -0.3 is 10.3 Å². The van der Waals surface area contributed by atoms with Crippen molar-refractivity contribution in [2.24, 2.45) is 5.92 Å². The quantitative estimate of drug-likeness (QED) is 0.775. The smallest absolute Gasteiger partial charge is 0.120 e. The van der Waals surface area contributed by atoms with Crippen LogP contribution in [-0.2, 0) is 6.54 Å². The molecule has 0 amide bonds. The number of nitrogens with zero attached hydrogens (tertiary/aromatic N) is 1. The maximum atomic E-state index is 4.25. The molecule has 0 saturated heterocycles. The molecule has 1 saturated carbocycles. The summed E-state index contributed by atoms with van der Waals surface area (Å²) >= 11 is 0. The number of hydrogen-bond acceptors (Lipinski definition) is 2. The van der Waals surface area contributed by atoms with Crippen LogP contribution in [0.25, 0.3) is 0 Å². The molecule has 2 rings (SSSR count). The normalized spacial score (nSPS) is 25.1. The molecular formula is C13H23N3. The Morgan fingerprint density at radius 1 is 1.50 bits per heavy atom. The molecule has 1 aliphatic carbocycles. The minimum atomic E-state index is 0.719. The maximum Gasteiger partial charge on any atom is 0.120 e. The van der Waals surface area contributed by atoms with Crippen LogP contribution in [0, 0.1) is 5.92 Å². The minimum Gasteiger partial charge on any atom is -0.348 e. The molecule has 1 heterocycles. The zero-order valence-corrected chi connectivity index (χ0v) is 10.2. The van der Waals surface area contributed by atoms with Crippen LogP contribution < -0.4 is 5.32 Å². The van der Waals surface area contributed by atoms with Gasteiger partial charge in [0.1, 0.15) is 5.82 Å². The Balaban J connectivity index is 1.75. The Bertz CT molecular complexity index is 281. The molecule has 1 aliphatic rings. The lowest BCUT2D eigenvalue weighted by Gasteiger charge is -2.20. The van der Waals surface area contributed by atoms with Crippen molar-refractivity contribution in [1.29, 1.82) is 0 Å². The predicted octanol–water partition coefficient (Wildman–Crippen LogP) is 2.86. The molecule has 0 aromatic carbocycles. The fourth-order valence-corrected chi connectivity index (χ4v) is 2.74. The highest BCUT2D eigenvalue weighted by Crippen LogP contribution is 2.29. The van der Waals surface area contributed by atoms with E-state index < -0.39 is 0 Å². The number of nitrogens with one attached hydrogen (secondary N) is 2. The molecule has 16 heavy (non-hydrogen) atoms. The average Bonchev–Trinajstić information content (AvgIpc) is 2.94. The van der Waals surface area contributed by atoms with E-state index >= 15 is 0 Å². The number of unbranched alkanes of at least 4 members (excludes halogenated alkanes) is 1. The van der Waals surface area contributed by atoms with Crippen LogP contribution in [-0.4, -0.2) is 16.0 Å². The molecule has 0 spiro atoms. The van der Waals surface area contributed by atoms with Gasteiger partial charge in [0.15, 0.2) is 0 Å². The fourth-order valence-electron chi connectivity index (χ4n) is 2.74. The van der Waals surface area contributed by atoms with Gasteiger partial charge in [-0.05, 0) is 25.2 Å². The van der Waals surface area contributed by atoms with Crippen molar-refractivity contribution in [1.82, 2.24) is 15.3 Å². The van der Waals surface area contributed by atoms with Crippen LogP contribution in [0.4, 0.5) is 0 Å². The van der Waals surface area contributed by atoms with Crippen LogP contribution in [0.1, 0.15) is 51.3 Å². The molecule has 3 nitrogen and oxygen atoms in total. The van der Waals surface area contributed by atoms with Crippen LogP contribution in [0.5, 0.6) is 0 Å². The van der Waals surface area contributed by atoms with Gasteiger partial charge in [-0.15, -0.1) is 0 Å². The molecule has 2 unspecified atom stereocenters. The van der Waals surface area contributed by atoms with Crippen molar-refractivity contribution in [2.75, 3.05) is 0 Å². The standard InChI is InChI=1S/C13H23N3/c1-2-3-5-11-6-4-7-12(11)16-10-13-14-8-9-15-13/h8-9,11-12,16H,2-7,10H2,1H3,(H,14,15). The van der Waals surface area contributed by atoms with E-state index in [0.717, 1.165) is 24.3 Å². The number of imidazole rings is 1. The summed E-state index contributed by atoms with van der Waals surface area (Å²) in [7, 11) is 0. The minimum absolute atomic E-state index is 0.719. The lowest BCUT2D eigenvalue weighted by atomic mass is 9.97. The number of H-pyrrole nitrogens is 1. The van der Waals surface area contributed by atoms with Gasteiger partial charge in [0.05, 0.1) is 6.54 Å². The van der Waals surface area contributed by atoms with Crippen molar-refractivity contribution in [3.8, 4) is 0 Å². The number of aromatic amines is 1. The van der Waals surface area contributed by atoms with E-state index in [0.29, 0.717) is 0 Å². The molecule has 0 aliphatic heterocycles. The van der Waals surface area contributed by atoms with Gasteiger partial charge >= 0.3 is 0 Å². The van der Waals surface area contributed by atoms with Crippen LogP contribution in [0.15, 0.2) is 12.4 Å². The molecule has 90 valence electrons. The summed E-state index contributed by atoms with van der Waals surface area (Å²) in [5.41, 5.74) is 0. The molecule has 3 heteroatoms. The van der Waals surface area contributed by atoms with Gasteiger partial charge in [-0.2, -0.15) is 0 Å². The molecular weight excluding hydrogens is 198 g/mol. The third-order valence-electron chi connectivity index (χ3n) is 3.67. The largest absolute Gasteiger partial charge is 0.348 e. The monoisotopic (exact) mass is 221 g/mol. The summed E-state index contributed by atoms with van der Waals surface area (Å²) < 4.78 is 0. The van der Waals surface area contributed by atoms with Crippen LogP contribution in [0.2, 0.25) is 0 Å². The first-order valence-electron chi connectivity index (χ1n) is 6.61. The van der Waals surface area contributed by atoms with Crippen molar-refractivity contribution in [3.05, 3.63) is 18.2 Å². The second kappa shape index (κ2) is 6.04. The predicted molar refractivity (Wildman–Crippen MR) is 66.1 cm³/mol. The van der Waals surface area contributed by atoms with Crippen molar-refractivity contribution < 1.29 is 0 Å². The van der Waals surface area contributed by atoms with Gasteiger partial charge in [0.25, 0.3) is 0 Å². The van der Waals surface area contributed by atoms with Crippen molar-refractivity contribution >= 4 is 0 Å². The van der Waals surface area contributed by atoms with Gasteiger partial charge in [-0.25, -0.2) is 4.98 Å². The van der Waals surface area contributed by atoms with E-state index in [1.807, 2.05) is 12.4 Å². The van der Waals surface area contributed by atoms with Gasteiger partial charge in [-0.1, -0.05) is 26.2 Å². The Labute approximate surface area is 98.1 Å². The number of aromatic nitrogens is 2. The van der Waals surface area contributed by atoms with E-state index in [-0.39, 0.29) is 0 Å². The first-order chi connectivity index (χ1) is 7.90. The zero-order valence-electron chi connectivity index (χ0n) is 10.2. The summed E-state index contributed by atoms with van der Waals surface area (Å²) in [4.78, 5) is 7.39. The summed E-state index contributed by atoms with van der Waals surface area (Å²) in [6, 6.07) is 0.719. The van der Waals surface area contributed by atoms with E-state index in [1.165, 1.54) is 38.5 Å². The average molecular weight is 221 g/mol.